The van der Waals surface area contributed by atoms with E-state index in [1.165, 1.54) is 30.5 Å². The first-order valence-electron chi connectivity index (χ1n) is 13.1. The van der Waals surface area contributed by atoms with Gasteiger partial charge in [0.05, 0.1) is 41.8 Å². The number of benzene rings is 3. The van der Waals surface area contributed by atoms with Gasteiger partial charge < -0.3 is 21.3 Å². The molecule has 11 heteroatoms. The number of aromatic nitrogens is 1. The van der Waals surface area contributed by atoms with E-state index < -0.39 is 35.3 Å². The summed E-state index contributed by atoms with van der Waals surface area (Å²) < 4.78 is 42.0. The van der Waals surface area contributed by atoms with E-state index >= 15 is 0 Å². The Labute approximate surface area is 239 Å². The summed E-state index contributed by atoms with van der Waals surface area (Å²) in [6, 6.07) is 16.8. The molecule has 1 aliphatic rings. The summed E-state index contributed by atoms with van der Waals surface area (Å²) in [6.45, 7) is -0.182. The molecule has 0 bridgehead atoms. The highest BCUT2D eigenvalue weighted by Crippen LogP contribution is 2.32. The van der Waals surface area contributed by atoms with E-state index in [0.29, 0.717) is 33.8 Å². The van der Waals surface area contributed by atoms with Crippen LogP contribution < -0.4 is 21.3 Å². The molecular weight excluding hydrogens is 547 g/mol. The summed E-state index contributed by atoms with van der Waals surface area (Å²) in [7, 11) is 0. The van der Waals surface area contributed by atoms with Crippen molar-refractivity contribution in [3.8, 4) is 11.1 Å². The second-order valence-corrected chi connectivity index (χ2v) is 9.85. The number of nitrogens with one attached hydrogen (secondary N) is 2. The summed E-state index contributed by atoms with van der Waals surface area (Å²) >= 11 is 0. The van der Waals surface area contributed by atoms with Gasteiger partial charge in [-0.3, -0.25) is 19.4 Å². The number of para-hydroxylation sites is 2. The Balaban J connectivity index is 1.47. The molecule has 0 unspecified atom stereocenters. The molecule has 1 aliphatic heterocycles. The van der Waals surface area contributed by atoms with Crippen LogP contribution >= 0.6 is 0 Å². The highest BCUT2D eigenvalue weighted by atomic mass is 19.1. The molecular formula is C31H26F3N5O3. The van der Waals surface area contributed by atoms with Crippen LogP contribution in [0.15, 0.2) is 79.0 Å². The number of hydrogen-bond acceptors (Lipinski definition) is 5. The van der Waals surface area contributed by atoms with Gasteiger partial charge in [-0.15, -0.1) is 0 Å². The van der Waals surface area contributed by atoms with Gasteiger partial charge in [-0.2, -0.15) is 0 Å². The number of hydrogen-bond donors (Lipinski definition) is 3. The molecule has 214 valence electrons. The number of nitrogens with two attached hydrogens (primary N) is 1. The summed E-state index contributed by atoms with van der Waals surface area (Å²) in [5.74, 6) is -3.86. The molecule has 3 aromatic carbocycles. The quantitative estimate of drug-likeness (QED) is 0.272. The molecule has 0 saturated carbocycles. The molecule has 1 atom stereocenters. The summed E-state index contributed by atoms with van der Waals surface area (Å²) in [4.78, 5) is 43.6. The lowest BCUT2D eigenvalue weighted by Crippen LogP contribution is -2.45. The monoisotopic (exact) mass is 573 g/mol. The molecule has 2 heterocycles. The molecule has 0 aliphatic carbocycles. The lowest BCUT2D eigenvalue weighted by Gasteiger charge is -2.31. The van der Waals surface area contributed by atoms with Gasteiger partial charge in [0.2, 0.25) is 11.8 Å². The largest absolute Gasteiger partial charge is 0.366 e. The third-order valence-electron chi connectivity index (χ3n) is 6.88. The van der Waals surface area contributed by atoms with Crippen LogP contribution in [-0.2, 0) is 16.0 Å². The number of rotatable bonds is 9. The molecule has 0 radical (unpaired) electrons. The number of fused-ring (bicyclic) bond motifs is 1. The van der Waals surface area contributed by atoms with Crippen molar-refractivity contribution in [1.82, 2.24) is 10.3 Å². The molecule has 5 rings (SSSR count). The molecule has 42 heavy (non-hydrogen) atoms. The van der Waals surface area contributed by atoms with E-state index in [1.807, 2.05) is 0 Å². The van der Waals surface area contributed by atoms with E-state index in [-0.39, 0.29) is 37.4 Å². The molecule has 1 aromatic heterocycles. The van der Waals surface area contributed by atoms with Crippen molar-refractivity contribution < 1.29 is 27.6 Å². The minimum atomic E-state index is -0.941. The topological polar surface area (TPSA) is 117 Å². The van der Waals surface area contributed by atoms with Crippen molar-refractivity contribution in [1.29, 1.82) is 0 Å². The average Bonchev–Trinajstić information content (AvgIpc) is 2.95. The Morgan fingerprint density at radius 3 is 2.52 bits per heavy atom. The Morgan fingerprint density at radius 1 is 1.00 bits per heavy atom. The van der Waals surface area contributed by atoms with Crippen LogP contribution in [0.4, 0.5) is 24.5 Å². The van der Waals surface area contributed by atoms with Crippen LogP contribution in [0.5, 0.6) is 0 Å². The highest BCUT2D eigenvalue weighted by Gasteiger charge is 2.26. The van der Waals surface area contributed by atoms with Crippen LogP contribution in [0.2, 0.25) is 0 Å². The zero-order valence-electron chi connectivity index (χ0n) is 22.2. The first-order valence-corrected chi connectivity index (χ1v) is 13.1. The standard InChI is InChI=1S/C31H26F3N5O3/c32-20-12-18(13-21(33)15-20)7-10-26(38-29(41)17-39-16-28(40)37-25-5-1-2-6-27(25)39)30-22(4-3-11-36-30)19-8-9-24(34)23(14-19)31(35)42/h1-6,8-9,11-15,26H,7,10,16-17H2,(H2,35,42)(H,37,40)(H,38,41)/t26-/m0/s1. The van der Waals surface area contributed by atoms with Crippen molar-refractivity contribution in [2.45, 2.75) is 18.9 Å². The van der Waals surface area contributed by atoms with Gasteiger partial charge in [-0.1, -0.05) is 24.3 Å². The van der Waals surface area contributed by atoms with Crippen LogP contribution in [0, 0.1) is 17.5 Å². The fraction of sp³-hybridized carbons (Fsp3) is 0.161. The van der Waals surface area contributed by atoms with Crippen LogP contribution in [0.25, 0.3) is 11.1 Å². The van der Waals surface area contributed by atoms with Gasteiger partial charge in [-0.05, 0) is 66.4 Å². The molecule has 8 nitrogen and oxygen atoms in total. The van der Waals surface area contributed by atoms with Gasteiger partial charge >= 0.3 is 0 Å². The van der Waals surface area contributed by atoms with Gasteiger partial charge in [0.15, 0.2) is 0 Å². The van der Waals surface area contributed by atoms with E-state index in [0.717, 1.165) is 12.1 Å². The number of amides is 3. The second kappa shape index (κ2) is 12.1. The van der Waals surface area contributed by atoms with Crippen molar-refractivity contribution in [2.24, 2.45) is 5.73 Å². The molecule has 0 fully saturated rings. The zero-order valence-corrected chi connectivity index (χ0v) is 22.2. The van der Waals surface area contributed by atoms with Crippen LogP contribution in [0.1, 0.15) is 34.1 Å². The smallest absolute Gasteiger partial charge is 0.251 e. The number of pyridine rings is 1. The van der Waals surface area contributed by atoms with E-state index in [9.17, 15) is 27.6 Å². The van der Waals surface area contributed by atoms with Crippen molar-refractivity contribution in [2.75, 3.05) is 23.3 Å². The average molecular weight is 574 g/mol. The summed E-state index contributed by atoms with van der Waals surface area (Å²) in [5.41, 5.74) is 8.01. The van der Waals surface area contributed by atoms with Crippen LogP contribution in [0.3, 0.4) is 0 Å². The third kappa shape index (κ3) is 6.41. The number of halogens is 3. The predicted octanol–water partition coefficient (Wildman–Crippen LogP) is 4.51. The number of anilines is 2. The SMILES string of the molecule is NC(=O)c1cc(-c2cccnc2[C@H](CCc2cc(F)cc(F)c2)NC(=O)CN2CC(=O)Nc3ccccc32)ccc1F. The Morgan fingerprint density at radius 2 is 1.76 bits per heavy atom. The molecule has 3 amide bonds. The van der Waals surface area contributed by atoms with Crippen molar-refractivity contribution >= 4 is 29.1 Å². The molecule has 0 saturated heterocycles. The first kappa shape index (κ1) is 28.3. The predicted molar refractivity (Wildman–Crippen MR) is 151 cm³/mol. The first-order chi connectivity index (χ1) is 20.2. The number of nitrogens with zero attached hydrogens (tertiary/aromatic N) is 2. The van der Waals surface area contributed by atoms with Gasteiger partial charge in [0.25, 0.3) is 5.91 Å². The fourth-order valence-electron chi connectivity index (χ4n) is 5.02. The number of carbonyl (C=O) groups is 3. The van der Waals surface area contributed by atoms with Gasteiger partial charge in [-0.25, -0.2) is 13.2 Å². The minimum absolute atomic E-state index is 0.0298. The second-order valence-electron chi connectivity index (χ2n) is 9.85. The highest BCUT2D eigenvalue weighted by molar-refractivity contribution is 6.02. The van der Waals surface area contributed by atoms with E-state index in [1.54, 1.807) is 41.3 Å². The molecule has 4 N–H and O–H groups in total. The number of primary amides is 1. The van der Waals surface area contributed by atoms with Crippen LogP contribution in [-0.4, -0.2) is 35.8 Å². The van der Waals surface area contributed by atoms with Crippen molar-refractivity contribution in [3.63, 3.8) is 0 Å². The van der Waals surface area contributed by atoms with Gasteiger partial charge in [0, 0.05) is 17.8 Å². The molecule has 0 spiro atoms. The minimum Gasteiger partial charge on any atom is -0.366 e. The lowest BCUT2D eigenvalue weighted by atomic mass is 9.94. The maximum absolute atomic E-state index is 14.2. The normalized spacial score (nSPS) is 13.2. The van der Waals surface area contributed by atoms with E-state index in [4.69, 9.17) is 5.73 Å². The zero-order chi connectivity index (χ0) is 29.8. The number of aryl methyl sites for hydroxylation is 1. The van der Waals surface area contributed by atoms with Crippen molar-refractivity contribution in [3.05, 3.63) is 113 Å². The Hall–Kier alpha value is -5.19. The Bertz CT molecular complexity index is 1660. The van der Waals surface area contributed by atoms with E-state index in [2.05, 4.69) is 15.6 Å². The molecule has 4 aromatic rings. The summed E-state index contributed by atoms with van der Waals surface area (Å²) in [6.07, 6.45) is 1.89. The maximum atomic E-state index is 14.2. The van der Waals surface area contributed by atoms with Gasteiger partial charge in [0.1, 0.15) is 17.5 Å². The maximum Gasteiger partial charge on any atom is 0.251 e. The number of carbonyl (C=O) groups excluding carboxylic acids is 3. The fourth-order valence-corrected chi connectivity index (χ4v) is 5.02. The summed E-state index contributed by atoms with van der Waals surface area (Å²) in [5, 5.41) is 5.73. The lowest BCUT2D eigenvalue weighted by molar-refractivity contribution is -0.120. The third-order valence-corrected chi connectivity index (χ3v) is 6.88. The Kier molecular flexibility index (Phi) is 8.19.